The van der Waals surface area contributed by atoms with Gasteiger partial charge in [-0.3, -0.25) is 0 Å². The normalized spacial score (nSPS) is 11.6. The molecule has 0 saturated heterocycles. The van der Waals surface area contributed by atoms with Crippen molar-refractivity contribution in [3.05, 3.63) is 77.6 Å². The Labute approximate surface area is 154 Å². The molecule has 4 rings (SSSR count). The summed E-state index contributed by atoms with van der Waals surface area (Å²) in [6.07, 6.45) is 6.11. The maximum atomic E-state index is 4.94. The Bertz CT molecular complexity index is 1050. The van der Waals surface area contributed by atoms with E-state index in [1.807, 2.05) is 6.20 Å². The van der Waals surface area contributed by atoms with Gasteiger partial charge in [0.15, 0.2) is 0 Å². The van der Waals surface area contributed by atoms with Crippen molar-refractivity contribution in [2.45, 2.75) is 40.2 Å². The van der Waals surface area contributed by atoms with E-state index in [4.69, 9.17) is 4.98 Å². The zero-order valence-corrected chi connectivity index (χ0v) is 15.8. The maximum Gasteiger partial charge on any atom is 0.137 e. The highest BCUT2D eigenvalue weighted by molar-refractivity contribution is 5.67. The fraction of sp³-hybridized carbons (Fsp3) is 0.273. The topological polar surface area (TPSA) is 35.1 Å². The van der Waals surface area contributed by atoms with E-state index in [0.717, 1.165) is 29.3 Å². The predicted molar refractivity (Wildman–Crippen MR) is 106 cm³/mol. The third kappa shape index (κ3) is 2.92. The molecule has 0 unspecified atom stereocenters. The van der Waals surface area contributed by atoms with Crippen LogP contribution in [0.5, 0.6) is 0 Å². The molecule has 0 spiro atoms. The van der Waals surface area contributed by atoms with E-state index in [1.165, 1.54) is 16.8 Å². The standard InChI is InChI=1S/C22H24N4/c1-15(2)22-23-11-12-25(22)14-19-21(18-8-5-16(3)6-9-18)24-20-10-7-17(4)13-26(19)20/h5-13,15H,14H2,1-4H3. The Balaban J connectivity index is 1.90. The number of aryl methyl sites for hydroxylation is 2. The zero-order chi connectivity index (χ0) is 18.3. The number of pyridine rings is 1. The number of hydrogen-bond donors (Lipinski definition) is 0. The molecule has 0 saturated carbocycles. The summed E-state index contributed by atoms with van der Waals surface area (Å²) in [6.45, 7) is 9.34. The summed E-state index contributed by atoms with van der Waals surface area (Å²) in [4.78, 5) is 9.48. The first-order chi connectivity index (χ1) is 12.5. The highest BCUT2D eigenvalue weighted by atomic mass is 15.1. The summed E-state index contributed by atoms with van der Waals surface area (Å²) < 4.78 is 4.45. The Morgan fingerprint density at radius 2 is 1.69 bits per heavy atom. The maximum absolute atomic E-state index is 4.94. The van der Waals surface area contributed by atoms with Crippen LogP contribution in [0.2, 0.25) is 0 Å². The van der Waals surface area contributed by atoms with E-state index in [2.05, 4.69) is 90.4 Å². The number of hydrogen-bond acceptors (Lipinski definition) is 2. The largest absolute Gasteiger partial charge is 0.329 e. The average Bonchev–Trinajstić information content (AvgIpc) is 3.21. The number of imidazole rings is 2. The molecule has 26 heavy (non-hydrogen) atoms. The molecule has 4 nitrogen and oxygen atoms in total. The van der Waals surface area contributed by atoms with Gasteiger partial charge in [0.1, 0.15) is 11.5 Å². The molecule has 0 bridgehead atoms. The van der Waals surface area contributed by atoms with E-state index in [9.17, 15) is 0 Å². The summed E-state index contributed by atoms with van der Waals surface area (Å²) in [6, 6.07) is 12.8. The Morgan fingerprint density at radius 1 is 0.962 bits per heavy atom. The van der Waals surface area contributed by atoms with Crippen molar-refractivity contribution in [1.29, 1.82) is 0 Å². The average molecular weight is 344 g/mol. The predicted octanol–water partition coefficient (Wildman–Crippen LogP) is 4.99. The van der Waals surface area contributed by atoms with Crippen molar-refractivity contribution in [1.82, 2.24) is 18.9 Å². The van der Waals surface area contributed by atoms with Crippen LogP contribution in [0.15, 0.2) is 55.0 Å². The van der Waals surface area contributed by atoms with Crippen LogP contribution in [0.4, 0.5) is 0 Å². The van der Waals surface area contributed by atoms with Gasteiger partial charge in [0, 0.05) is 30.1 Å². The Kier molecular flexibility index (Phi) is 4.11. The van der Waals surface area contributed by atoms with Crippen molar-refractivity contribution in [2.24, 2.45) is 0 Å². The SMILES string of the molecule is Cc1ccc(-c2nc3ccc(C)cn3c2Cn2ccnc2C(C)C)cc1. The van der Waals surface area contributed by atoms with Gasteiger partial charge in [-0.25, -0.2) is 9.97 Å². The molecule has 3 heterocycles. The first kappa shape index (κ1) is 16.6. The number of nitrogens with zero attached hydrogens (tertiary/aromatic N) is 4. The molecular weight excluding hydrogens is 320 g/mol. The molecule has 132 valence electrons. The van der Waals surface area contributed by atoms with Crippen LogP contribution in [0.25, 0.3) is 16.9 Å². The van der Waals surface area contributed by atoms with E-state index in [1.54, 1.807) is 0 Å². The lowest BCUT2D eigenvalue weighted by Gasteiger charge is -2.12. The van der Waals surface area contributed by atoms with Gasteiger partial charge < -0.3 is 8.97 Å². The minimum absolute atomic E-state index is 0.383. The summed E-state index contributed by atoms with van der Waals surface area (Å²) in [5.74, 6) is 1.48. The van der Waals surface area contributed by atoms with Gasteiger partial charge in [0.25, 0.3) is 0 Å². The van der Waals surface area contributed by atoms with Crippen molar-refractivity contribution < 1.29 is 0 Å². The number of rotatable bonds is 4. The fourth-order valence-corrected chi connectivity index (χ4v) is 3.41. The lowest BCUT2D eigenvalue weighted by atomic mass is 10.1. The van der Waals surface area contributed by atoms with Crippen molar-refractivity contribution in [3.63, 3.8) is 0 Å². The lowest BCUT2D eigenvalue weighted by molar-refractivity contribution is 0.659. The molecule has 0 atom stereocenters. The molecule has 0 amide bonds. The van der Waals surface area contributed by atoms with Gasteiger partial charge in [0.05, 0.1) is 17.9 Å². The van der Waals surface area contributed by atoms with Gasteiger partial charge in [0.2, 0.25) is 0 Å². The smallest absolute Gasteiger partial charge is 0.137 e. The minimum Gasteiger partial charge on any atom is -0.329 e. The van der Waals surface area contributed by atoms with Crippen LogP contribution in [0, 0.1) is 13.8 Å². The molecule has 3 aromatic heterocycles. The molecule has 0 N–H and O–H groups in total. The van der Waals surface area contributed by atoms with Crippen molar-refractivity contribution in [3.8, 4) is 11.3 Å². The van der Waals surface area contributed by atoms with Crippen LogP contribution < -0.4 is 0 Å². The zero-order valence-electron chi connectivity index (χ0n) is 15.8. The molecular formula is C22H24N4. The quantitative estimate of drug-likeness (QED) is 0.523. The molecule has 0 aliphatic rings. The second kappa shape index (κ2) is 6.45. The third-order valence-corrected chi connectivity index (χ3v) is 4.77. The van der Waals surface area contributed by atoms with Gasteiger partial charge in [-0.2, -0.15) is 0 Å². The molecule has 1 aromatic carbocycles. The fourth-order valence-electron chi connectivity index (χ4n) is 3.41. The number of fused-ring (bicyclic) bond motifs is 1. The van der Waals surface area contributed by atoms with Crippen LogP contribution >= 0.6 is 0 Å². The first-order valence-corrected chi connectivity index (χ1v) is 9.08. The lowest BCUT2D eigenvalue weighted by Crippen LogP contribution is -2.08. The summed E-state index contributed by atoms with van der Waals surface area (Å²) in [5.41, 5.74) is 6.84. The van der Waals surface area contributed by atoms with Gasteiger partial charge in [-0.1, -0.05) is 49.7 Å². The van der Waals surface area contributed by atoms with E-state index >= 15 is 0 Å². The first-order valence-electron chi connectivity index (χ1n) is 9.08. The van der Waals surface area contributed by atoms with Crippen LogP contribution in [0.3, 0.4) is 0 Å². The van der Waals surface area contributed by atoms with Crippen LogP contribution in [-0.4, -0.2) is 18.9 Å². The monoisotopic (exact) mass is 344 g/mol. The number of benzene rings is 1. The molecule has 0 fully saturated rings. The highest BCUT2D eigenvalue weighted by Crippen LogP contribution is 2.27. The van der Waals surface area contributed by atoms with Crippen LogP contribution in [-0.2, 0) is 6.54 Å². The summed E-state index contributed by atoms with van der Waals surface area (Å²) in [7, 11) is 0. The summed E-state index contributed by atoms with van der Waals surface area (Å²) >= 11 is 0. The second-order valence-corrected chi connectivity index (χ2v) is 7.28. The van der Waals surface area contributed by atoms with Gasteiger partial charge in [-0.05, 0) is 25.5 Å². The minimum atomic E-state index is 0.383. The molecule has 4 heteroatoms. The van der Waals surface area contributed by atoms with E-state index in [-0.39, 0.29) is 0 Å². The van der Waals surface area contributed by atoms with E-state index < -0.39 is 0 Å². The second-order valence-electron chi connectivity index (χ2n) is 7.28. The Morgan fingerprint density at radius 3 is 2.42 bits per heavy atom. The molecule has 0 aliphatic heterocycles. The molecule has 0 radical (unpaired) electrons. The Hall–Kier alpha value is -2.88. The van der Waals surface area contributed by atoms with Crippen LogP contribution in [0.1, 0.15) is 42.4 Å². The molecule has 0 aliphatic carbocycles. The molecule has 4 aromatic rings. The summed E-state index contributed by atoms with van der Waals surface area (Å²) in [5, 5.41) is 0. The van der Waals surface area contributed by atoms with Gasteiger partial charge >= 0.3 is 0 Å². The van der Waals surface area contributed by atoms with Gasteiger partial charge in [-0.15, -0.1) is 0 Å². The third-order valence-electron chi connectivity index (χ3n) is 4.77. The van der Waals surface area contributed by atoms with Crippen molar-refractivity contribution >= 4 is 5.65 Å². The number of aromatic nitrogens is 4. The highest BCUT2D eigenvalue weighted by Gasteiger charge is 2.17. The van der Waals surface area contributed by atoms with E-state index in [0.29, 0.717) is 5.92 Å². The van der Waals surface area contributed by atoms with Crippen molar-refractivity contribution in [2.75, 3.05) is 0 Å².